The molecule has 0 aliphatic heterocycles. The average molecular weight is 672 g/mol. The predicted octanol–water partition coefficient (Wildman–Crippen LogP) is 2.80. The SMILES string of the molecule is CC(C)NC(=O)CN(CC(=O)NC(C)C)C(=O)CCNC(O)C(C)(C)CCOC(C)(C)CCNC(=O)C(C)(C)CC(C)(C)CC(=O)O. The second-order valence-electron chi connectivity index (χ2n) is 15.9. The molecule has 6 N–H and O–H groups in total. The number of aliphatic hydroxyl groups excluding tert-OH is 1. The molecule has 0 bridgehead atoms. The number of hydrogen-bond acceptors (Lipinski definition) is 8. The average Bonchev–Trinajstić information content (AvgIpc) is 2.85. The minimum absolute atomic E-state index is 0.0137. The number of aliphatic carboxylic acids is 1. The van der Waals surface area contributed by atoms with Crippen molar-refractivity contribution in [1.82, 2.24) is 26.2 Å². The number of nitrogens with one attached hydrogen (secondary N) is 4. The number of amides is 4. The van der Waals surface area contributed by atoms with Crippen LogP contribution in [0.3, 0.4) is 0 Å². The van der Waals surface area contributed by atoms with Gasteiger partial charge in [-0.25, -0.2) is 0 Å². The Morgan fingerprint density at radius 3 is 1.77 bits per heavy atom. The second-order valence-corrected chi connectivity index (χ2v) is 15.9. The molecule has 13 heteroatoms. The van der Waals surface area contributed by atoms with Gasteiger partial charge in [-0.05, 0) is 66.2 Å². The number of carbonyl (C=O) groups excluding carboxylic acids is 4. The Hall–Kier alpha value is -2.77. The van der Waals surface area contributed by atoms with Crippen LogP contribution in [-0.2, 0) is 28.7 Å². The summed E-state index contributed by atoms with van der Waals surface area (Å²) in [6.07, 6.45) is 0.515. The normalized spacial score (nSPS) is 13.3. The van der Waals surface area contributed by atoms with Crippen LogP contribution >= 0.6 is 0 Å². The molecular formula is C34H65N5O8. The van der Waals surface area contributed by atoms with E-state index in [0.29, 0.717) is 32.4 Å². The number of carboxylic acid groups (broad SMARTS) is 1. The maximum Gasteiger partial charge on any atom is 0.303 e. The lowest BCUT2D eigenvalue weighted by Crippen LogP contribution is -2.49. The molecular weight excluding hydrogens is 606 g/mol. The van der Waals surface area contributed by atoms with E-state index in [2.05, 4.69) is 21.3 Å². The Morgan fingerprint density at radius 1 is 0.787 bits per heavy atom. The first kappa shape index (κ1) is 44.2. The Bertz CT molecular complexity index is 1020. The number of carboxylic acids is 1. The van der Waals surface area contributed by atoms with Gasteiger partial charge in [0.25, 0.3) is 0 Å². The van der Waals surface area contributed by atoms with Gasteiger partial charge in [0.05, 0.1) is 12.0 Å². The van der Waals surface area contributed by atoms with Gasteiger partial charge in [0, 0.05) is 49.0 Å². The third-order valence-corrected chi connectivity index (χ3v) is 7.75. The predicted molar refractivity (Wildman–Crippen MR) is 182 cm³/mol. The molecule has 0 aromatic rings. The highest BCUT2D eigenvalue weighted by molar-refractivity contribution is 5.89. The molecule has 0 radical (unpaired) electrons. The van der Waals surface area contributed by atoms with Gasteiger partial charge in [-0.3, -0.25) is 29.3 Å². The summed E-state index contributed by atoms with van der Waals surface area (Å²) in [6.45, 7) is 22.6. The van der Waals surface area contributed by atoms with Crippen LogP contribution < -0.4 is 21.3 Å². The van der Waals surface area contributed by atoms with Crippen molar-refractivity contribution in [3.05, 3.63) is 0 Å². The van der Waals surface area contributed by atoms with E-state index in [1.807, 2.05) is 83.1 Å². The van der Waals surface area contributed by atoms with Crippen LogP contribution in [0.2, 0.25) is 0 Å². The second kappa shape index (κ2) is 19.3. The zero-order valence-electron chi connectivity index (χ0n) is 31.1. The highest BCUT2D eigenvalue weighted by atomic mass is 16.5. The third-order valence-electron chi connectivity index (χ3n) is 7.75. The molecule has 4 amide bonds. The monoisotopic (exact) mass is 671 g/mol. The highest BCUT2D eigenvalue weighted by Crippen LogP contribution is 2.36. The number of rotatable bonds is 23. The van der Waals surface area contributed by atoms with Gasteiger partial charge in [-0.2, -0.15) is 0 Å². The van der Waals surface area contributed by atoms with Crippen LogP contribution in [0.1, 0.15) is 115 Å². The van der Waals surface area contributed by atoms with Crippen LogP contribution in [0.5, 0.6) is 0 Å². The first-order chi connectivity index (χ1) is 21.3. The van der Waals surface area contributed by atoms with E-state index in [1.165, 1.54) is 4.90 Å². The molecule has 0 rings (SSSR count). The van der Waals surface area contributed by atoms with Crippen LogP contribution in [0.15, 0.2) is 0 Å². The molecule has 0 saturated heterocycles. The van der Waals surface area contributed by atoms with Crippen molar-refractivity contribution in [3.63, 3.8) is 0 Å². The van der Waals surface area contributed by atoms with Gasteiger partial charge in [-0.1, -0.05) is 41.5 Å². The molecule has 0 heterocycles. The number of carbonyl (C=O) groups is 5. The summed E-state index contributed by atoms with van der Waals surface area (Å²) in [5, 5.41) is 31.4. The molecule has 0 fully saturated rings. The summed E-state index contributed by atoms with van der Waals surface area (Å²) in [4.78, 5) is 62.9. The Kier molecular flexibility index (Phi) is 18.1. The molecule has 0 spiro atoms. The lowest BCUT2D eigenvalue weighted by atomic mass is 9.73. The Labute approximate surface area is 282 Å². The first-order valence-corrected chi connectivity index (χ1v) is 16.7. The summed E-state index contributed by atoms with van der Waals surface area (Å²) >= 11 is 0. The molecule has 1 unspecified atom stereocenters. The molecule has 0 aliphatic carbocycles. The number of ether oxygens (including phenoxy) is 1. The van der Waals surface area contributed by atoms with Gasteiger partial charge < -0.3 is 35.8 Å². The van der Waals surface area contributed by atoms with E-state index in [0.717, 1.165) is 0 Å². The molecule has 0 aliphatic rings. The van der Waals surface area contributed by atoms with Gasteiger partial charge in [0.15, 0.2) is 0 Å². The third kappa shape index (κ3) is 19.6. The van der Waals surface area contributed by atoms with Crippen LogP contribution in [0.25, 0.3) is 0 Å². The van der Waals surface area contributed by atoms with Crippen LogP contribution in [0, 0.1) is 16.2 Å². The van der Waals surface area contributed by atoms with Gasteiger partial charge >= 0.3 is 5.97 Å². The largest absolute Gasteiger partial charge is 0.481 e. The topological polar surface area (TPSA) is 186 Å². The minimum atomic E-state index is -0.948. The highest BCUT2D eigenvalue weighted by Gasteiger charge is 2.36. The van der Waals surface area contributed by atoms with E-state index in [9.17, 15) is 29.1 Å². The van der Waals surface area contributed by atoms with Gasteiger partial charge in [0.2, 0.25) is 23.6 Å². The van der Waals surface area contributed by atoms with Crippen molar-refractivity contribution in [1.29, 1.82) is 0 Å². The first-order valence-electron chi connectivity index (χ1n) is 16.7. The summed E-state index contributed by atoms with van der Waals surface area (Å²) < 4.78 is 6.12. The molecule has 0 aromatic carbocycles. The van der Waals surface area contributed by atoms with E-state index >= 15 is 0 Å². The molecule has 13 nitrogen and oxygen atoms in total. The fourth-order valence-corrected chi connectivity index (χ4v) is 5.33. The lowest BCUT2D eigenvalue weighted by Gasteiger charge is -2.34. The van der Waals surface area contributed by atoms with E-state index in [4.69, 9.17) is 9.84 Å². The molecule has 47 heavy (non-hydrogen) atoms. The molecule has 274 valence electrons. The summed E-state index contributed by atoms with van der Waals surface area (Å²) in [7, 11) is 0. The summed E-state index contributed by atoms with van der Waals surface area (Å²) in [5.41, 5.74) is -2.40. The Balaban J connectivity index is 4.85. The zero-order chi connectivity index (χ0) is 36.8. The fraction of sp³-hybridized carbons (Fsp3) is 0.853. The fourth-order valence-electron chi connectivity index (χ4n) is 5.33. The van der Waals surface area contributed by atoms with Gasteiger partial charge in [-0.15, -0.1) is 0 Å². The standard InChI is InChI=1S/C34H65N5O8/c1-23(2)37-25(40)20-39(21-26(41)38-24(3)4)27(42)13-16-35-29(45)32(7,8)15-18-47-34(11,12)14-17-36-30(46)33(9,10)22-31(5,6)19-28(43)44/h23-24,29,35,45H,13-22H2,1-12H3,(H,36,46)(H,37,40)(H,38,41)(H,43,44). The van der Waals surface area contributed by atoms with Crippen molar-refractivity contribution < 1.29 is 38.9 Å². The maximum absolute atomic E-state index is 13.0. The smallest absolute Gasteiger partial charge is 0.303 e. The Morgan fingerprint density at radius 2 is 1.30 bits per heavy atom. The molecule has 0 aromatic heterocycles. The number of nitrogens with zero attached hydrogens (tertiary/aromatic N) is 1. The minimum Gasteiger partial charge on any atom is -0.481 e. The lowest BCUT2D eigenvalue weighted by molar-refractivity contribution is -0.141. The summed E-state index contributed by atoms with van der Waals surface area (Å²) in [6, 6.07) is -0.210. The van der Waals surface area contributed by atoms with Crippen molar-refractivity contribution in [2.24, 2.45) is 16.2 Å². The maximum atomic E-state index is 13.0. The van der Waals surface area contributed by atoms with Crippen molar-refractivity contribution in [2.45, 2.75) is 139 Å². The number of aliphatic hydroxyl groups is 1. The quantitative estimate of drug-likeness (QED) is 0.0889. The molecule has 0 saturated carbocycles. The van der Waals surface area contributed by atoms with Crippen molar-refractivity contribution in [3.8, 4) is 0 Å². The van der Waals surface area contributed by atoms with Crippen molar-refractivity contribution >= 4 is 29.6 Å². The summed E-state index contributed by atoms with van der Waals surface area (Å²) in [5.74, 6) is -2.12. The van der Waals surface area contributed by atoms with Crippen molar-refractivity contribution in [2.75, 3.05) is 32.8 Å². The number of hydrogen-bond donors (Lipinski definition) is 6. The zero-order valence-corrected chi connectivity index (χ0v) is 31.1. The van der Waals surface area contributed by atoms with E-state index < -0.39 is 34.0 Å². The molecule has 1 atom stereocenters. The van der Waals surface area contributed by atoms with E-state index in [1.54, 1.807) is 0 Å². The van der Waals surface area contributed by atoms with Gasteiger partial charge in [0.1, 0.15) is 19.3 Å². The van der Waals surface area contributed by atoms with Crippen LogP contribution in [0.4, 0.5) is 0 Å². The van der Waals surface area contributed by atoms with Crippen LogP contribution in [-0.4, -0.2) is 101 Å². The van der Waals surface area contributed by atoms with E-state index in [-0.39, 0.29) is 68.2 Å².